The molecule has 0 spiro atoms. The standard InChI is InChI=1S/C6H7NOS/c8-6-5-4(3-7-6)1-2-9-5/h1-2,6-8H,3H2. The second-order valence-corrected chi connectivity index (χ2v) is 3.04. The van der Waals surface area contributed by atoms with E-state index in [0.717, 1.165) is 11.4 Å². The number of thiophene rings is 1. The molecule has 48 valence electrons. The van der Waals surface area contributed by atoms with Gasteiger partial charge in [-0.05, 0) is 17.0 Å². The first-order valence-electron chi connectivity index (χ1n) is 2.85. The number of aliphatic hydroxyl groups is 1. The van der Waals surface area contributed by atoms with Crippen molar-refractivity contribution in [3.63, 3.8) is 0 Å². The zero-order chi connectivity index (χ0) is 6.27. The van der Waals surface area contributed by atoms with Crippen LogP contribution in [0.2, 0.25) is 0 Å². The van der Waals surface area contributed by atoms with Crippen LogP contribution in [-0.2, 0) is 6.54 Å². The minimum atomic E-state index is -0.403. The van der Waals surface area contributed by atoms with Crippen molar-refractivity contribution in [1.82, 2.24) is 5.32 Å². The Kier molecular flexibility index (Phi) is 1.08. The van der Waals surface area contributed by atoms with Crippen LogP contribution in [0.15, 0.2) is 11.4 Å². The van der Waals surface area contributed by atoms with Crippen molar-refractivity contribution in [3.05, 3.63) is 21.9 Å². The molecule has 9 heavy (non-hydrogen) atoms. The van der Waals surface area contributed by atoms with Gasteiger partial charge in [0.15, 0.2) is 0 Å². The van der Waals surface area contributed by atoms with Gasteiger partial charge in [-0.15, -0.1) is 11.3 Å². The van der Waals surface area contributed by atoms with Crippen molar-refractivity contribution in [3.8, 4) is 0 Å². The number of hydrogen-bond acceptors (Lipinski definition) is 3. The molecule has 1 aromatic rings. The molecule has 1 aromatic heterocycles. The third-order valence-electron chi connectivity index (χ3n) is 1.51. The highest BCUT2D eigenvalue weighted by molar-refractivity contribution is 7.10. The monoisotopic (exact) mass is 141 g/mol. The van der Waals surface area contributed by atoms with E-state index in [1.165, 1.54) is 5.56 Å². The van der Waals surface area contributed by atoms with E-state index in [1.54, 1.807) is 11.3 Å². The molecule has 0 radical (unpaired) electrons. The summed E-state index contributed by atoms with van der Waals surface area (Å²) in [6.07, 6.45) is -0.403. The molecular weight excluding hydrogens is 134 g/mol. The smallest absolute Gasteiger partial charge is 0.140 e. The van der Waals surface area contributed by atoms with Crippen LogP contribution in [0.25, 0.3) is 0 Å². The Bertz CT molecular complexity index is 221. The van der Waals surface area contributed by atoms with Crippen LogP contribution < -0.4 is 5.32 Å². The maximum absolute atomic E-state index is 9.17. The van der Waals surface area contributed by atoms with Crippen LogP contribution in [-0.4, -0.2) is 5.11 Å². The summed E-state index contributed by atoms with van der Waals surface area (Å²) in [5, 5.41) is 14.1. The van der Waals surface area contributed by atoms with Gasteiger partial charge in [-0.25, -0.2) is 0 Å². The first kappa shape index (κ1) is 5.41. The second-order valence-electron chi connectivity index (χ2n) is 2.09. The fourth-order valence-corrected chi connectivity index (χ4v) is 1.92. The topological polar surface area (TPSA) is 32.3 Å². The summed E-state index contributed by atoms with van der Waals surface area (Å²) in [6, 6.07) is 2.04. The summed E-state index contributed by atoms with van der Waals surface area (Å²) in [5.74, 6) is 0. The molecule has 2 heterocycles. The average molecular weight is 141 g/mol. The van der Waals surface area contributed by atoms with Crippen LogP contribution in [0, 0.1) is 0 Å². The molecule has 0 saturated carbocycles. The summed E-state index contributed by atoms with van der Waals surface area (Å²) < 4.78 is 0. The van der Waals surface area contributed by atoms with Crippen molar-refractivity contribution < 1.29 is 5.11 Å². The molecule has 1 aliphatic rings. The molecule has 0 bridgehead atoms. The fourth-order valence-electron chi connectivity index (χ4n) is 1.03. The summed E-state index contributed by atoms with van der Waals surface area (Å²) in [6.45, 7) is 0.819. The lowest BCUT2D eigenvalue weighted by Gasteiger charge is -1.97. The predicted octanol–water partition coefficient (Wildman–Crippen LogP) is 0.842. The van der Waals surface area contributed by atoms with Crippen LogP contribution in [0.3, 0.4) is 0 Å². The van der Waals surface area contributed by atoms with E-state index < -0.39 is 6.23 Å². The average Bonchev–Trinajstić information content (AvgIpc) is 2.35. The van der Waals surface area contributed by atoms with Gasteiger partial charge in [0.05, 0.1) is 4.88 Å². The fraction of sp³-hybridized carbons (Fsp3) is 0.333. The number of aliphatic hydroxyl groups excluding tert-OH is 1. The van der Waals surface area contributed by atoms with Crippen LogP contribution in [0.1, 0.15) is 16.7 Å². The van der Waals surface area contributed by atoms with Gasteiger partial charge in [0.25, 0.3) is 0 Å². The normalized spacial score (nSPS) is 24.3. The van der Waals surface area contributed by atoms with Crippen molar-refractivity contribution >= 4 is 11.3 Å². The molecule has 0 aromatic carbocycles. The van der Waals surface area contributed by atoms with Gasteiger partial charge in [0, 0.05) is 6.54 Å². The van der Waals surface area contributed by atoms with Crippen molar-refractivity contribution in [2.45, 2.75) is 12.8 Å². The molecule has 1 aliphatic heterocycles. The minimum absolute atomic E-state index is 0.403. The maximum Gasteiger partial charge on any atom is 0.140 e. The number of hydrogen-bond donors (Lipinski definition) is 2. The third kappa shape index (κ3) is 0.694. The van der Waals surface area contributed by atoms with Crippen LogP contribution in [0.5, 0.6) is 0 Å². The van der Waals surface area contributed by atoms with E-state index in [0.29, 0.717) is 0 Å². The van der Waals surface area contributed by atoms with E-state index >= 15 is 0 Å². The molecule has 3 heteroatoms. The molecule has 2 nitrogen and oxygen atoms in total. The van der Waals surface area contributed by atoms with Gasteiger partial charge in [-0.1, -0.05) is 0 Å². The molecule has 0 aliphatic carbocycles. The highest BCUT2D eigenvalue weighted by Gasteiger charge is 2.19. The minimum Gasteiger partial charge on any atom is -0.373 e. The molecule has 2 rings (SSSR count). The summed E-state index contributed by atoms with van der Waals surface area (Å²) in [5.41, 5.74) is 1.24. The Labute approximate surface area is 57.1 Å². The Morgan fingerprint density at radius 3 is 3.44 bits per heavy atom. The van der Waals surface area contributed by atoms with E-state index in [2.05, 4.69) is 5.32 Å². The maximum atomic E-state index is 9.17. The van der Waals surface area contributed by atoms with E-state index in [-0.39, 0.29) is 0 Å². The van der Waals surface area contributed by atoms with E-state index in [9.17, 15) is 0 Å². The largest absolute Gasteiger partial charge is 0.373 e. The molecule has 0 fully saturated rings. The summed E-state index contributed by atoms with van der Waals surface area (Å²) in [7, 11) is 0. The molecule has 1 unspecified atom stereocenters. The van der Waals surface area contributed by atoms with Gasteiger partial charge < -0.3 is 5.11 Å². The highest BCUT2D eigenvalue weighted by atomic mass is 32.1. The second kappa shape index (κ2) is 1.80. The number of nitrogens with one attached hydrogen (secondary N) is 1. The SMILES string of the molecule is OC1NCc2ccsc21. The Hall–Kier alpha value is -0.380. The first-order valence-corrected chi connectivity index (χ1v) is 3.73. The first-order chi connectivity index (χ1) is 4.38. The Morgan fingerprint density at radius 2 is 2.67 bits per heavy atom. The third-order valence-corrected chi connectivity index (χ3v) is 2.53. The quantitative estimate of drug-likeness (QED) is 0.561. The van der Waals surface area contributed by atoms with Crippen molar-refractivity contribution in [2.75, 3.05) is 0 Å². The van der Waals surface area contributed by atoms with Gasteiger partial charge in [0.1, 0.15) is 6.23 Å². The summed E-state index contributed by atoms with van der Waals surface area (Å²) in [4.78, 5) is 1.08. The van der Waals surface area contributed by atoms with Gasteiger partial charge in [-0.3, -0.25) is 5.32 Å². The number of fused-ring (bicyclic) bond motifs is 1. The van der Waals surface area contributed by atoms with Gasteiger partial charge in [-0.2, -0.15) is 0 Å². The lowest BCUT2D eigenvalue weighted by Crippen LogP contribution is -2.09. The summed E-state index contributed by atoms with van der Waals surface area (Å²) >= 11 is 1.61. The highest BCUT2D eigenvalue weighted by Crippen LogP contribution is 2.27. The van der Waals surface area contributed by atoms with Crippen molar-refractivity contribution in [2.24, 2.45) is 0 Å². The Balaban J connectivity index is 2.49. The van der Waals surface area contributed by atoms with Crippen molar-refractivity contribution in [1.29, 1.82) is 0 Å². The molecule has 0 amide bonds. The number of rotatable bonds is 0. The van der Waals surface area contributed by atoms with Crippen LogP contribution in [0.4, 0.5) is 0 Å². The lowest BCUT2D eigenvalue weighted by atomic mass is 10.3. The zero-order valence-corrected chi connectivity index (χ0v) is 5.61. The lowest BCUT2D eigenvalue weighted by molar-refractivity contribution is 0.154. The zero-order valence-electron chi connectivity index (χ0n) is 4.79. The molecule has 0 saturated heterocycles. The Morgan fingerprint density at radius 1 is 1.78 bits per heavy atom. The van der Waals surface area contributed by atoms with Gasteiger partial charge in [0.2, 0.25) is 0 Å². The predicted molar refractivity (Wildman–Crippen MR) is 36.1 cm³/mol. The molecule has 1 atom stereocenters. The van der Waals surface area contributed by atoms with Gasteiger partial charge >= 0.3 is 0 Å². The molecule has 2 N–H and O–H groups in total. The van der Waals surface area contributed by atoms with E-state index in [1.807, 2.05) is 11.4 Å². The van der Waals surface area contributed by atoms with E-state index in [4.69, 9.17) is 5.11 Å². The van der Waals surface area contributed by atoms with Crippen LogP contribution >= 0.6 is 11.3 Å². The molecular formula is C6H7NOS.